The Bertz CT molecular complexity index is 610. The van der Waals surface area contributed by atoms with Gasteiger partial charge in [0, 0.05) is 32.5 Å². The summed E-state index contributed by atoms with van der Waals surface area (Å²) < 4.78 is 5.27. The zero-order chi connectivity index (χ0) is 18.4. The van der Waals surface area contributed by atoms with Gasteiger partial charge >= 0.3 is 0 Å². The van der Waals surface area contributed by atoms with Crippen LogP contribution in [0.4, 0.5) is 11.5 Å². The summed E-state index contributed by atoms with van der Waals surface area (Å²) in [6, 6.07) is 1.78. The van der Waals surface area contributed by atoms with Crippen LogP contribution in [0.15, 0.2) is 6.07 Å². The first-order chi connectivity index (χ1) is 12.0. The number of nitrogens with two attached hydrogens (primary N) is 1. The molecule has 1 aromatic heterocycles. The van der Waals surface area contributed by atoms with E-state index in [0.29, 0.717) is 22.9 Å². The highest BCUT2D eigenvalue weighted by Crippen LogP contribution is 2.32. The molecular formula is C19H30N4O2. The number of hydrogen-bond acceptors (Lipinski definition) is 6. The van der Waals surface area contributed by atoms with Gasteiger partial charge in [-0.15, -0.1) is 0 Å². The van der Waals surface area contributed by atoms with Gasteiger partial charge in [-0.25, -0.2) is 4.98 Å². The zero-order valence-corrected chi connectivity index (χ0v) is 15.5. The average molecular weight is 346 g/mol. The number of anilines is 2. The molecule has 1 saturated heterocycles. The number of aldehydes is 1. The summed E-state index contributed by atoms with van der Waals surface area (Å²) in [5, 5.41) is 8.62. The summed E-state index contributed by atoms with van der Waals surface area (Å²) in [4.78, 5) is 17.7. The summed E-state index contributed by atoms with van der Waals surface area (Å²) in [5.74, 6) is 0.959. The van der Waals surface area contributed by atoms with Gasteiger partial charge in [-0.1, -0.05) is 20.3 Å². The Kier molecular flexibility index (Phi) is 6.93. The summed E-state index contributed by atoms with van der Waals surface area (Å²) in [6.07, 6.45) is 4.73. The van der Waals surface area contributed by atoms with E-state index in [1.54, 1.807) is 13.2 Å². The summed E-state index contributed by atoms with van der Waals surface area (Å²) in [5.41, 5.74) is 8.56. The number of methoxy groups -OCH3 is 1. The predicted molar refractivity (Wildman–Crippen MR) is 102 cm³/mol. The minimum absolute atomic E-state index is 0.112. The van der Waals surface area contributed by atoms with Crippen LogP contribution in [0.2, 0.25) is 0 Å². The van der Waals surface area contributed by atoms with Crippen molar-refractivity contribution in [2.24, 2.45) is 11.8 Å². The topological polar surface area (TPSA) is 92.3 Å². The lowest BCUT2D eigenvalue weighted by Crippen LogP contribution is -2.36. The van der Waals surface area contributed by atoms with Gasteiger partial charge in [0.05, 0.1) is 11.3 Å². The van der Waals surface area contributed by atoms with Crippen LogP contribution in [0.3, 0.4) is 0 Å². The van der Waals surface area contributed by atoms with Gasteiger partial charge in [-0.2, -0.15) is 0 Å². The van der Waals surface area contributed by atoms with Crippen molar-refractivity contribution in [3.63, 3.8) is 0 Å². The number of hydrogen-bond donors (Lipinski definition) is 2. The van der Waals surface area contributed by atoms with E-state index >= 15 is 0 Å². The molecule has 0 aromatic carbocycles. The van der Waals surface area contributed by atoms with E-state index in [4.69, 9.17) is 15.9 Å². The number of carbonyl (C=O) groups excluding carboxylic acids is 1. The maximum Gasteiger partial charge on any atom is 0.168 e. The molecule has 1 aliphatic rings. The smallest absolute Gasteiger partial charge is 0.168 e. The average Bonchev–Trinajstić information content (AvgIpc) is 2.61. The van der Waals surface area contributed by atoms with E-state index in [1.807, 2.05) is 6.92 Å². The number of pyridine rings is 1. The second-order valence-corrected chi connectivity index (χ2v) is 6.93. The van der Waals surface area contributed by atoms with Crippen molar-refractivity contribution in [1.29, 1.82) is 5.41 Å². The number of nitrogens with zero attached hydrogens (tertiary/aromatic N) is 2. The van der Waals surface area contributed by atoms with Crippen LogP contribution in [-0.4, -0.2) is 43.8 Å². The van der Waals surface area contributed by atoms with Gasteiger partial charge < -0.3 is 20.8 Å². The molecule has 1 aliphatic heterocycles. The molecule has 1 aromatic rings. The molecule has 1 unspecified atom stereocenters. The molecule has 6 nitrogen and oxygen atoms in total. The quantitative estimate of drug-likeness (QED) is 0.557. The SMILES string of the molecule is CCCC(C)C(=N)c1c(N2CCC(COC)CC2)cc(C=O)nc1N. The molecule has 0 saturated carbocycles. The van der Waals surface area contributed by atoms with Crippen LogP contribution >= 0.6 is 0 Å². The first kappa shape index (κ1) is 19.4. The highest BCUT2D eigenvalue weighted by Gasteiger charge is 2.26. The molecule has 0 radical (unpaired) electrons. The van der Waals surface area contributed by atoms with Crippen molar-refractivity contribution < 1.29 is 9.53 Å². The largest absolute Gasteiger partial charge is 0.384 e. The van der Waals surface area contributed by atoms with Gasteiger partial charge in [0.1, 0.15) is 11.5 Å². The molecule has 138 valence electrons. The predicted octanol–water partition coefficient (Wildman–Crippen LogP) is 3.14. The molecule has 0 amide bonds. The molecule has 0 aliphatic carbocycles. The number of aromatic nitrogens is 1. The van der Waals surface area contributed by atoms with Crippen LogP contribution in [0, 0.1) is 17.2 Å². The second kappa shape index (κ2) is 8.94. The molecule has 25 heavy (non-hydrogen) atoms. The molecular weight excluding hydrogens is 316 g/mol. The number of ether oxygens (including phenoxy) is 1. The summed E-state index contributed by atoms with van der Waals surface area (Å²) in [7, 11) is 1.74. The van der Waals surface area contributed by atoms with Crippen molar-refractivity contribution in [2.75, 3.05) is 37.4 Å². The van der Waals surface area contributed by atoms with Crippen molar-refractivity contribution in [1.82, 2.24) is 4.98 Å². The fourth-order valence-corrected chi connectivity index (χ4v) is 3.56. The maximum atomic E-state index is 11.2. The minimum atomic E-state index is 0.112. The molecule has 2 rings (SSSR count). The lowest BCUT2D eigenvalue weighted by molar-refractivity contribution is 0.111. The summed E-state index contributed by atoms with van der Waals surface area (Å²) in [6.45, 7) is 6.69. The molecule has 0 spiro atoms. The number of carbonyl (C=O) groups is 1. The van der Waals surface area contributed by atoms with E-state index in [1.165, 1.54) is 0 Å². The Hall–Kier alpha value is -1.95. The third kappa shape index (κ3) is 4.57. The fourth-order valence-electron chi connectivity index (χ4n) is 3.56. The van der Waals surface area contributed by atoms with Crippen LogP contribution < -0.4 is 10.6 Å². The van der Waals surface area contributed by atoms with Crippen LogP contribution in [0.5, 0.6) is 0 Å². The highest BCUT2D eigenvalue weighted by molar-refractivity contribution is 6.08. The first-order valence-corrected chi connectivity index (χ1v) is 9.10. The normalized spacial score (nSPS) is 16.7. The molecule has 3 N–H and O–H groups in total. The Morgan fingerprint density at radius 1 is 1.52 bits per heavy atom. The van der Waals surface area contributed by atoms with Crippen LogP contribution in [0.1, 0.15) is 55.6 Å². The lowest BCUT2D eigenvalue weighted by Gasteiger charge is -2.35. The molecule has 0 bridgehead atoms. The number of nitrogens with one attached hydrogen (secondary N) is 1. The lowest BCUT2D eigenvalue weighted by atomic mass is 9.91. The third-order valence-corrected chi connectivity index (χ3v) is 5.01. The van der Waals surface area contributed by atoms with Crippen LogP contribution in [-0.2, 0) is 4.74 Å². The minimum Gasteiger partial charge on any atom is -0.384 e. The Balaban J connectivity index is 2.33. The Morgan fingerprint density at radius 3 is 2.76 bits per heavy atom. The Morgan fingerprint density at radius 2 is 2.20 bits per heavy atom. The first-order valence-electron chi connectivity index (χ1n) is 9.10. The van der Waals surface area contributed by atoms with E-state index in [2.05, 4.69) is 16.8 Å². The molecule has 2 heterocycles. The van der Waals surface area contributed by atoms with E-state index in [-0.39, 0.29) is 11.7 Å². The fraction of sp³-hybridized carbons (Fsp3) is 0.632. The van der Waals surface area contributed by atoms with Crippen LogP contribution in [0.25, 0.3) is 0 Å². The zero-order valence-electron chi connectivity index (χ0n) is 15.5. The Labute approximate surface area is 150 Å². The standard InChI is InChI=1S/C19H30N4O2/c1-4-5-13(2)18(20)17-16(10-15(11-24)22-19(17)21)23-8-6-14(7-9-23)12-25-3/h10-11,13-14,20H,4-9,12H2,1-3H3,(H2,21,22). The number of piperidine rings is 1. The van der Waals surface area contributed by atoms with Crippen molar-refractivity contribution in [3.05, 3.63) is 17.3 Å². The van der Waals surface area contributed by atoms with Crippen molar-refractivity contribution >= 4 is 23.5 Å². The van der Waals surface area contributed by atoms with Gasteiger partial charge in [0.2, 0.25) is 0 Å². The van der Waals surface area contributed by atoms with Gasteiger partial charge in [0.25, 0.3) is 0 Å². The highest BCUT2D eigenvalue weighted by atomic mass is 16.5. The van der Waals surface area contributed by atoms with Gasteiger partial charge in [-0.05, 0) is 37.2 Å². The third-order valence-electron chi connectivity index (χ3n) is 5.01. The van der Waals surface area contributed by atoms with Crippen molar-refractivity contribution in [2.45, 2.75) is 39.5 Å². The van der Waals surface area contributed by atoms with Gasteiger partial charge in [0.15, 0.2) is 6.29 Å². The van der Waals surface area contributed by atoms with Crippen molar-refractivity contribution in [3.8, 4) is 0 Å². The van der Waals surface area contributed by atoms with E-state index in [0.717, 1.165) is 57.4 Å². The van der Waals surface area contributed by atoms with Gasteiger partial charge in [-0.3, -0.25) is 4.79 Å². The number of rotatable bonds is 8. The number of nitrogen functional groups attached to an aromatic ring is 1. The second-order valence-electron chi connectivity index (χ2n) is 6.93. The maximum absolute atomic E-state index is 11.2. The molecule has 1 atom stereocenters. The summed E-state index contributed by atoms with van der Waals surface area (Å²) >= 11 is 0. The molecule has 1 fully saturated rings. The monoisotopic (exact) mass is 346 g/mol. The van der Waals surface area contributed by atoms with E-state index in [9.17, 15) is 4.79 Å². The van der Waals surface area contributed by atoms with E-state index < -0.39 is 0 Å². The molecule has 6 heteroatoms.